The predicted molar refractivity (Wildman–Crippen MR) is 54.0 cm³/mol. The third-order valence-electron chi connectivity index (χ3n) is 2.29. The summed E-state index contributed by atoms with van der Waals surface area (Å²) in [4.78, 5) is 14.5. The van der Waals surface area contributed by atoms with Gasteiger partial charge in [0, 0.05) is 37.7 Å². The monoisotopic (exact) mass is 229 g/mol. The molecule has 0 aromatic carbocycles. The van der Waals surface area contributed by atoms with Gasteiger partial charge in [0.1, 0.15) is 0 Å². The topological polar surface area (TPSA) is 82.5 Å². The maximum atomic E-state index is 10.5. The average molecular weight is 229 g/mol. The first-order valence-corrected chi connectivity index (χ1v) is 5.37. The van der Waals surface area contributed by atoms with Crippen molar-refractivity contribution in [2.75, 3.05) is 37.6 Å². The molecule has 1 aliphatic rings. The van der Waals surface area contributed by atoms with E-state index in [1.807, 2.05) is 4.90 Å². The van der Waals surface area contributed by atoms with Gasteiger partial charge in [-0.2, -0.15) is 0 Å². The van der Waals surface area contributed by atoms with E-state index in [9.17, 15) is 4.79 Å². The summed E-state index contributed by atoms with van der Waals surface area (Å²) in [5.74, 6) is -0.777. The molecule has 1 aromatic rings. The quantitative estimate of drug-likeness (QED) is 0.722. The zero-order chi connectivity index (χ0) is 10.7. The van der Waals surface area contributed by atoms with Crippen molar-refractivity contribution in [3.8, 4) is 0 Å². The van der Waals surface area contributed by atoms with Crippen LogP contribution in [-0.4, -0.2) is 63.5 Å². The minimum atomic E-state index is -0.777. The van der Waals surface area contributed by atoms with Crippen LogP contribution in [0.15, 0.2) is 0 Å². The number of carboxylic acids is 1. The van der Waals surface area contributed by atoms with Crippen molar-refractivity contribution in [2.45, 2.75) is 0 Å². The fraction of sp³-hybridized carbons (Fsp3) is 0.714. The Hall–Kier alpha value is -1.28. The third kappa shape index (κ3) is 2.60. The van der Waals surface area contributed by atoms with Gasteiger partial charge in [-0.15, -0.1) is 0 Å². The first kappa shape index (κ1) is 10.2. The maximum absolute atomic E-state index is 10.5. The van der Waals surface area contributed by atoms with Gasteiger partial charge in [-0.3, -0.25) is 9.69 Å². The Morgan fingerprint density at radius 2 is 2.13 bits per heavy atom. The minimum absolute atomic E-state index is 0.113. The van der Waals surface area contributed by atoms with Crippen LogP contribution in [0, 0.1) is 0 Å². The Morgan fingerprint density at radius 1 is 1.40 bits per heavy atom. The summed E-state index contributed by atoms with van der Waals surface area (Å²) < 4.78 is 3.70. The Labute approximate surface area is 90.5 Å². The first-order valence-electron chi connectivity index (χ1n) is 4.60. The second-order valence-corrected chi connectivity index (χ2v) is 4.01. The van der Waals surface area contributed by atoms with Gasteiger partial charge in [-0.1, -0.05) is 9.59 Å². The Bertz CT molecular complexity index is 322. The van der Waals surface area contributed by atoms with Crippen LogP contribution in [0.3, 0.4) is 0 Å². The first-order chi connectivity index (χ1) is 7.25. The zero-order valence-electron chi connectivity index (χ0n) is 8.04. The number of anilines is 1. The van der Waals surface area contributed by atoms with E-state index < -0.39 is 5.97 Å². The molecular weight excluding hydrogens is 218 g/mol. The number of rotatable bonds is 3. The summed E-state index contributed by atoms with van der Waals surface area (Å²) in [6.45, 7) is 3.16. The van der Waals surface area contributed by atoms with Gasteiger partial charge in [0.05, 0.1) is 6.54 Å². The molecule has 0 radical (unpaired) electrons. The Balaban J connectivity index is 1.84. The van der Waals surface area contributed by atoms with Gasteiger partial charge >= 0.3 is 5.97 Å². The molecule has 1 N–H and O–H groups in total. The van der Waals surface area contributed by atoms with Crippen LogP contribution < -0.4 is 4.90 Å². The van der Waals surface area contributed by atoms with E-state index in [1.54, 1.807) is 0 Å². The normalized spacial score (nSPS) is 18.0. The molecule has 7 nitrogen and oxygen atoms in total. The number of hydrogen-bond acceptors (Lipinski definition) is 7. The van der Waals surface area contributed by atoms with Crippen molar-refractivity contribution >= 4 is 22.6 Å². The number of aliphatic carboxylic acids is 1. The summed E-state index contributed by atoms with van der Waals surface area (Å²) in [6.07, 6.45) is 0. The van der Waals surface area contributed by atoms with Crippen LogP contribution in [0.2, 0.25) is 0 Å². The van der Waals surface area contributed by atoms with Crippen molar-refractivity contribution in [1.29, 1.82) is 0 Å². The van der Waals surface area contributed by atoms with Crippen molar-refractivity contribution in [1.82, 2.24) is 19.7 Å². The van der Waals surface area contributed by atoms with Crippen molar-refractivity contribution < 1.29 is 9.90 Å². The minimum Gasteiger partial charge on any atom is -0.480 e. The molecule has 0 atom stereocenters. The highest BCUT2D eigenvalue weighted by atomic mass is 32.1. The molecule has 0 saturated carbocycles. The molecule has 1 fully saturated rings. The zero-order valence-corrected chi connectivity index (χ0v) is 8.85. The molecule has 1 aliphatic heterocycles. The fourth-order valence-electron chi connectivity index (χ4n) is 1.54. The second-order valence-electron chi connectivity index (χ2n) is 3.30. The maximum Gasteiger partial charge on any atom is 0.317 e. The van der Waals surface area contributed by atoms with Crippen LogP contribution in [0.25, 0.3) is 0 Å². The van der Waals surface area contributed by atoms with E-state index in [0.717, 1.165) is 31.3 Å². The summed E-state index contributed by atoms with van der Waals surface area (Å²) in [7, 11) is 0. The predicted octanol–water partition coefficient (Wildman–Crippen LogP) is -0.860. The van der Waals surface area contributed by atoms with Crippen LogP contribution in [0.5, 0.6) is 0 Å². The number of nitrogens with zero attached hydrogens (tertiary/aromatic N) is 5. The molecule has 82 valence electrons. The number of hydrogen-bond donors (Lipinski definition) is 1. The van der Waals surface area contributed by atoms with Crippen LogP contribution in [0.4, 0.5) is 5.13 Å². The molecule has 1 aromatic heterocycles. The second kappa shape index (κ2) is 4.49. The van der Waals surface area contributed by atoms with Gasteiger partial charge in [0.15, 0.2) is 0 Å². The van der Waals surface area contributed by atoms with Crippen LogP contribution >= 0.6 is 11.5 Å². The highest BCUT2D eigenvalue weighted by Gasteiger charge is 2.20. The van der Waals surface area contributed by atoms with E-state index in [0.29, 0.717) is 0 Å². The molecule has 15 heavy (non-hydrogen) atoms. The van der Waals surface area contributed by atoms with Crippen molar-refractivity contribution in [3.05, 3.63) is 0 Å². The van der Waals surface area contributed by atoms with Gasteiger partial charge < -0.3 is 10.0 Å². The molecule has 8 heteroatoms. The molecule has 1 saturated heterocycles. The molecule has 0 unspecified atom stereocenters. The lowest BCUT2D eigenvalue weighted by Crippen LogP contribution is -2.47. The fourth-order valence-corrected chi connectivity index (χ4v) is 2.06. The highest BCUT2D eigenvalue weighted by molar-refractivity contribution is 7.09. The van der Waals surface area contributed by atoms with E-state index >= 15 is 0 Å². The lowest BCUT2D eigenvalue weighted by molar-refractivity contribution is -0.138. The van der Waals surface area contributed by atoms with E-state index in [1.165, 1.54) is 11.5 Å². The summed E-state index contributed by atoms with van der Waals surface area (Å²) in [5, 5.41) is 16.8. The van der Waals surface area contributed by atoms with Gasteiger partial charge in [-0.05, 0) is 5.21 Å². The van der Waals surface area contributed by atoms with Crippen molar-refractivity contribution in [2.24, 2.45) is 0 Å². The lowest BCUT2D eigenvalue weighted by Gasteiger charge is -2.32. The van der Waals surface area contributed by atoms with E-state index in [-0.39, 0.29) is 6.54 Å². The molecule has 0 spiro atoms. The summed E-state index contributed by atoms with van der Waals surface area (Å²) in [5.41, 5.74) is 0. The lowest BCUT2D eigenvalue weighted by atomic mass is 10.3. The number of carboxylic acid groups (broad SMARTS) is 1. The van der Waals surface area contributed by atoms with Crippen LogP contribution in [-0.2, 0) is 4.79 Å². The largest absolute Gasteiger partial charge is 0.480 e. The molecular formula is C7H11N5O2S. The molecule has 0 amide bonds. The van der Waals surface area contributed by atoms with E-state index in [4.69, 9.17) is 5.11 Å². The number of carbonyl (C=O) groups is 1. The van der Waals surface area contributed by atoms with Crippen molar-refractivity contribution in [3.63, 3.8) is 0 Å². The molecule has 2 heterocycles. The van der Waals surface area contributed by atoms with E-state index in [2.05, 4.69) is 19.7 Å². The molecule has 2 rings (SSSR count). The smallest absolute Gasteiger partial charge is 0.317 e. The van der Waals surface area contributed by atoms with Gasteiger partial charge in [0.25, 0.3) is 0 Å². The van der Waals surface area contributed by atoms with Crippen LogP contribution in [0.1, 0.15) is 0 Å². The number of aromatic nitrogens is 3. The Morgan fingerprint density at radius 3 is 2.67 bits per heavy atom. The standard InChI is InChI=1S/C7H11N5O2S/c13-6(14)5-11-1-3-12(4-2-11)7-8-9-10-15-7/h1-5H2,(H,13,14). The molecule has 0 aliphatic carbocycles. The third-order valence-corrected chi connectivity index (χ3v) is 2.95. The van der Waals surface area contributed by atoms with Gasteiger partial charge in [-0.25, -0.2) is 0 Å². The average Bonchev–Trinajstić information content (AvgIpc) is 2.71. The SMILES string of the molecule is O=C(O)CN1CCN(c2nnns2)CC1. The molecule has 0 bridgehead atoms. The van der Waals surface area contributed by atoms with Gasteiger partial charge in [0.2, 0.25) is 5.13 Å². The summed E-state index contributed by atoms with van der Waals surface area (Å²) in [6, 6.07) is 0. The highest BCUT2D eigenvalue weighted by Crippen LogP contribution is 2.15. The number of piperazine rings is 1. The summed E-state index contributed by atoms with van der Waals surface area (Å²) >= 11 is 1.26. The Kier molecular flexibility index (Phi) is 3.07.